The molecule has 1 amide bonds. The maximum Gasteiger partial charge on any atom is 0.243 e. The number of nitriles is 1. The first-order valence-electron chi connectivity index (χ1n) is 12.5. The van der Waals surface area contributed by atoms with Gasteiger partial charge in [0.2, 0.25) is 15.9 Å². The van der Waals surface area contributed by atoms with Crippen LogP contribution in [0, 0.1) is 11.3 Å². The van der Waals surface area contributed by atoms with Crippen molar-refractivity contribution in [1.82, 2.24) is 14.2 Å². The standard InChI is InChI=1S/C26H33N5O3S/c27-21-23-7-5-14-28-26(23)30-16-6-15-29(19-20-30)25(32)13-10-22-8-11-24(12-9-22)35(33,34)31-17-3-1-2-4-18-31/h5,7-9,11-12,14H,1-4,6,10,13,15-20H2. The Bertz CT molecular complexity index is 1150. The molecule has 0 bridgehead atoms. The van der Waals surface area contributed by atoms with Crippen molar-refractivity contribution in [2.75, 3.05) is 44.2 Å². The number of hydrogen-bond donors (Lipinski definition) is 0. The van der Waals surface area contributed by atoms with Gasteiger partial charge in [0.15, 0.2) is 0 Å². The highest BCUT2D eigenvalue weighted by Crippen LogP contribution is 2.22. The first-order valence-corrected chi connectivity index (χ1v) is 13.9. The Kier molecular flexibility index (Phi) is 8.37. The van der Waals surface area contributed by atoms with E-state index in [9.17, 15) is 18.5 Å². The Hall–Kier alpha value is -2.96. The molecule has 2 fully saturated rings. The van der Waals surface area contributed by atoms with Crippen LogP contribution in [0.15, 0.2) is 47.5 Å². The number of aromatic nitrogens is 1. The number of benzene rings is 1. The summed E-state index contributed by atoms with van der Waals surface area (Å²) in [5.41, 5.74) is 1.50. The van der Waals surface area contributed by atoms with Gasteiger partial charge in [0.25, 0.3) is 0 Å². The highest BCUT2D eigenvalue weighted by Gasteiger charge is 2.25. The molecule has 1 aromatic carbocycles. The average Bonchev–Trinajstić information content (AvgIpc) is 3.32. The molecule has 2 aliphatic rings. The molecule has 9 heteroatoms. The molecule has 0 aliphatic carbocycles. The lowest BCUT2D eigenvalue weighted by Gasteiger charge is -2.23. The van der Waals surface area contributed by atoms with E-state index in [-0.39, 0.29) is 5.91 Å². The minimum Gasteiger partial charge on any atom is -0.354 e. The highest BCUT2D eigenvalue weighted by atomic mass is 32.2. The van der Waals surface area contributed by atoms with Crippen LogP contribution in [0.25, 0.3) is 0 Å². The summed E-state index contributed by atoms with van der Waals surface area (Å²) in [6.07, 6.45) is 7.44. The largest absolute Gasteiger partial charge is 0.354 e. The second-order valence-electron chi connectivity index (χ2n) is 9.17. The van der Waals surface area contributed by atoms with Crippen molar-refractivity contribution in [1.29, 1.82) is 5.26 Å². The quantitative estimate of drug-likeness (QED) is 0.611. The zero-order valence-electron chi connectivity index (χ0n) is 20.1. The first kappa shape index (κ1) is 25.1. The second kappa shape index (κ2) is 11.6. The Morgan fingerprint density at radius 2 is 1.66 bits per heavy atom. The van der Waals surface area contributed by atoms with E-state index in [1.807, 2.05) is 17.0 Å². The van der Waals surface area contributed by atoms with Gasteiger partial charge in [0.05, 0.1) is 10.5 Å². The lowest BCUT2D eigenvalue weighted by atomic mass is 10.1. The maximum absolute atomic E-state index is 13.0. The van der Waals surface area contributed by atoms with Crippen molar-refractivity contribution in [3.8, 4) is 6.07 Å². The van der Waals surface area contributed by atoms with E-state index in [1.165, 1.54) is 0 Å². The molecule has 2 aromatic rings. The lowest BCUT2D eigenvalue weighted by molar-refractivity contribution is -0.130. The Labute approximate surface area is 208 Å². The minimum atomic E-state index is -3.46. The smallest absolute Gasteiger partial charge is 0.243 e. The van der Waals surface area contributed by atoms with Gasteiger partial charge in [-0.25, -0.2) is 13.4 Å². The Morgan fingerprint density at radius 1 is 0.914 bits per heavy atom. The van der Waals surface area contributed by atoms with Gasteiger partial charge in [-0.15, -0.1) is 0 Å². The van der Waals surface area contributed by atoms with Crippen LogP contribution in [0.4, 0.5) is 5.82 Å². The van der Waals surface area contributed by atoms with Crippen LogP contribution in [0.5, 0.6) is 0 Å². The Balaban J connectivity index is 1.31. The van der Waals surface area contributed by atoms with Crippen molar-refractivity contribution in [2.24, 2.45) is 0 Å². The van der Waals surface area contributed by atoms with Crippen LogP contribution >= 0.6 is 0 Å². The van der Waals surface area contributed by atoms with E-state index in [2.05, 4.69) is 16.0 Å². The third kappa shape index (κ3) is 6.19. The molecule has 1 aromatic heterocycles. The SMILES string of the molecule is N#Cc1cccnc1N1CCCN(C(=O)CCc2ccc(S(=O)(=O)N3CCCCCC3)cc2)CC1. The van der Waals surface area contributed by atoms with Gasteiger partial charge in [-0.2, -0.15) is 9.57 Å². The summed E-state index contributed by atoms with van der Waals surface area (Å²) in [5.74, 6) is 0.772. The molecule has 4 rings (SSSR count). The number of anilines is 1. The third-order valence-electron chi connectivity index (χ3n) is 6.81. The van der Waals surface area contributed by atoms with Crippen LogP contribution in [0.1, 0.15) is 49.7 Å². The van der Waals surface area contributed by atoms with E-state index >= 15 is 0 Å². The van der Waals surface area contributed by atoms with Gasteiger partial charge in [-0.3, -0.25) is 4.79 Å². The topological polar surface area (TPSA) is 97.6 Å². The summed E-state index contributed by atoms with van der Waals surface area (Å²) < 4.78 is 27.5. The highest BCUT2D eigenvalue weighted by molar-refractivity contribution is 7.89. The molecule has 3 heterocycles. The summed E-state index contributed by atoms with van der Waals surface area (Å²) in [5, 5.41) is 9.36. The molecule has 2 aliphatic heterocycles. The van der Waals surface area contributed by atoms with Crippen molar-refractivity contribution in [2.45, 2.75) is 49.8 Å². The monoisotopic (exact) mass is 495 g/mol. The van der Waals surface area contributed by atoms with E-state index < -0.39 is 10.0 Å². The van der Waals surface area contributed by atoms with E-state index in [0.717, 1.165) is 44.2 Å². The number of carbonyl (C=O) groups excluding carboxylic acids is 1. The van der Waals surface area contributed by atoms with Gasteiger partial charge in [0, 0.05) is 51.9 Å². The van der Waals surface area contributed by atoms with Crippen molar-refractivity contribution >= 4 is 21.7 Å². The summed E-state index contributed by atoms with van der Waals surface area (Å²) >= 11 is 0. The number of pyridine rings is 1. The number of rotatable bonds is 6. The normalized spacial score (nSPS) is 17.9. The molecule has 0 saturated carbocycles. The number of aryl methyl sites for hydroxylation is 1. The van der Waals surface area contributed by atoms with E-state index in [1.54, 1.807) is 34.8 Å². The summed E-state index contributed by atoms with van der Waals surface area (Å²) in [6.45, 7) is 3.83. The molecule has 0 atom stereocenters. The third-order valence-corrected chi connectivity index (χ3v) is 8.72. The molecular weight excluding hydrogens is 462 g/mol. The van der Waals surface area contributed by atoms with Crippen molar-refractivity contribution < 1.29 is 13.2 Å². The lowest BCUT2D eigenvalue weighted by Crippen LogP contribution is -2.35. The number of hydrogen-bond acceptors (Lipinski definition) is 6. The van der Waals surface area contributed by atoms with Crippen LogP contribution in [-0.4, -0.2) is 67.8 Å². The van der Waals surface area contributed by atoms with E-state index in [0.29, 0.717) is 61.8 Å². The van der Waals surface area contributed by atoms with Crippen LogP contribution in [-0.2, 0) is 21.2 Å². The fraction of sp³-hybridized carbons (Fsp3) is 0.500. The van der Waals surface area contributed by atoms with Gasteiger partial charge in [-0.1, -0.05) is 25.0 Å². The summed E-state index contributed by atoms with van der Waals surface area (Å²) in [6, 6.07) is 12.7. The fourth-order valence-corrected chi connectivity index (χ4v) is 6.30. The van der Waals surface area contributed by atoms with Crippen LogP contribution in [0.2, 0.25) is 0 Å². The van der Waals surface area contributed by atoms with Crippen molar-refractivity contribution in [3.63, 3.8) is 0 Å². The number of nitrogens with zero attached hydrogens (tertiary/aromatic N) is 5. The number of amides is 1. The van der Waals surface area contributed by atoms with Gasteiger partial charge < -0.3 is 9.80 Å². The molecule has 186 valence electrons. The fourth-order valence-electron chi connectivity index (χ4n) is 4.78. The molecule has 35 heavy (non-hydrogen) atoms. The molecule has 0 unspecified atom stereocenters. The maximum atomic E-state index is 13.0. The second-order valence-corrected chi connectivity index (χ2v) is 11.1. The number of carbonyl (C=O) groups is 1. The van der Waals surface area contributed by atoms with Crippen LogP contribution in [0.3, 0.4) is 0 Å². The molecule has 0 N–H and O–H groups in total. The summed E-state index contributed by atoms with van der Waals surface area (Å²) in [4.78, 5) is 21.6. The molecule has 2 saturated heterocycles. The molecule has 0 radical (unpaired) electrons. The predicted molar refractivity (Wildman–Crippen MR) is 134 cm³/mol. The van der Waals surface area contributed by atoms with Gasteiger partial charge in [-0.05, 0) is 55.5 Å². The zero-order valence-corrected chi connectivity index (χ0v) is 20.9. The molecule has 8 nitrogen and oxygen atoms in total. The van der Waals surface area contributed by atoms with Gasteiger partial charge in [0.1, 0.15) is 11.9 Å². The average molecular weight is 496 g/mol. The van der Waals surface area contributed by atoms with E-state index in [4.69, 9.17) is 0 Å². The summed E-state index contributed by atoms with van der Waals surface area (Å²) in [7, 11) is -3.46. The van der Waals surface area contributed by atoms with Crippen LogP contribution < -0.4 is 4.90 Å². The van der Waals surface area contributed by atoms with Gasteiger partial charge >= 0.3 is 0 Å². The number of sulfonamides is 1. The Morgan fingerprint density at radius 3 is 2.37 bits per heavy atom. The minimum absolute atomic E-state index is 0.0923. The zero-order chi connectivity index (χ0) is 24.7. The molecular formula is C26H33N5O3S. The first-order chi connectivity index (χ1) is 17.0. The van der Waals surface area contributed by atoms with Crippen molar-refractivity contribution in [3.05, 3.63) is 53.7 Å². The predicted octanol–water partition coefficient (Wildman–Crippen LogP) is 3.19. The molecule has 0 spiro atoms.